The molecule has 2 saturated carbocycles. The minimum absolute atomic E-state index is 0.141. The fraction of sp³-hybridized carbons (Fsp3) is 0.389. The van der Waals surface area contributed by atoms with Crippen LogP contribution in [0.3, 0.4) is 0 Å². The van der Waals surface area contributed by atoms with E-state index in [9.17, 15) is 45.7 Å². The van der Waals surface area contributed by atoms with Crippen LogP contribution in [-0.4, -0.2) is 72.8 Å². The summed E-state index contributed by atoms with van der Waals surface area (Å²) in [7, 11) is -6.74. The summed E-state index contributed by atoms with van der Waals surface area (Å²) in [6.07, 6.45) is 7.86. The Labute approximate surface area is 333 Å². The number of halogens is 2. The summed E-state index contributed by atoms with van der Waals surface area (Å²) in [6, 6.07) is 14.2. The van der Waals surface area contributed by atoms with Crippen LogP contribution in [0.25, 0.3) is 0 Å². The summed E-state index contributed by atoms with van der Waals surface area (Å²) in [5, 5.41) is 33.8. The number of nitrogens with one attached hydrogen (secondary N) is 4. The van der Waals surface area contributed by atoms with Crippen LogP contribution in [0.2, 0.25) is 0 Å². The molecule has 2 fully saturated rings. The van der Waals surface area contributed by atoms with Gasteiger partial charge < -0.3 is 22.1 Å². The van der Waals surface area contributed by atoms with Gasteiger partial charge in [-0.2, -0.15) is 20.7 Å². The van der Waals surface area contributed by atoms with Crippen molar-refractivity contribution in [3.63, 3.8) is 0 Å². The molecule has 0 radical (unpaired) electrons. The molecule has 6 rings (SSSR count). The fourth-order valence-corrected chi connectivity index (χ4v) is 8.69. The number of amides is 2. The lowest BCUT2D eigenvalue weighted by Crippen LogP contribution is -2.40. The lowest BCUT2D eigenvalue weighted by atomic mass is 9.83. The highest BCUT2D eigenvalue weighted by molar-refractivity contribution is 7.89. The number of rotatable bonds is 12. The number of benzene rings is 2. The van der Waals surface area contributed by atoms with Crippen LogP contribution >= 0.6 is 0 Å². The minimum Gasteiger partial charge on any atom is -0.365 e. The van der Waals surface area contributed by atoms with E-state index in [0.29, 0.717) is 49.9 Å². The maximum atomic E-state index is 13.1. The number of nitrogens with zero attached hydrogens (tertiary/aromatic N) is 6. The van der Waals surface area contributed by atoms with Crippen molar-refractivity contribution in [2.24, 2.45) is 23.3 Å². The molecular weight excluding hydrogens is 799 g/mol. The Morgan fingerprint density at radius 2 is 1.02 bits per heavy atom. The average molecular weight is 841 g/mol. The first-order chi connectivity index (χ1) is 27.3. The predicted molar refractivity (Wildman–Crippen MR) is 208 cm³/mol. The Balaban J connectivity index is 0.000000221. The van der Waals surface area contributed by atoms with Crippen molar-refractivity contribution in [1.29, 1.82) is 10.5 Å². The van der Waals surface area contributed by atoms with Gasteiger partial charge in [0.05, 0.1) is 48.6 Å². The largest absolute Gasteiger partial charge is 0.365 e. The molecule has 2 heterocycles. The molecule has 0 saturated heterocycles. The van der Waals surface area contributed by atoms with Crippen molar-refractivity contribution in [3.05, 3.63) is 83.7 Å². The van der Waals surface area contributed by atoms with Crippen molar-refractivity contribution >= 4 is 54.9 Å². The molecule has 0 spiro atoms. The lowest BCUT2D eigenvalue weighted by Gasteiger charge is -2.32. The van der Waals surface area contributed by atoms with Crippen molar-refractivity contribution in [2.75, 3.05) is 23.1 Å². The van der Waals surface area contributed by atoms with Crippen molar-refractivity contribution < 1.29 is 35.2 Å². The van der Waals surface area contributed by atoms with Crippen LogP contribution in [0.15, 0.2) is 60.9 Å². The van der Waals surface area contributed by atoms with Gasteiger partial charge in [0.2, 0.25) is 20.0 Å². The molecule has 58 heavy (non-hydrogen) atoms. The maximum Gasteiger partial charge on any atom is 0.254 e. The van der Waals surface area contributed by atoms with Gasteiger partial charge in [0, 0.05) is 35.9 Å². The number of carbonyl (C=O) groups is 2. The number of nitriles is 2. The summed E-state index contributed by atoms with van der Waals surface area (Å²) in [5.41, 5.74) is 12.3. The van der Waals surface area contributed by atoms with E-state index in [1.807, 2.05) is 0 Å². The van der Waals surface area contributed by atoms with Crippen LogP contribution < -0.4 is 31.5 Å². The zero-order chi connectivity index (χ0) is 42.4. The molecular formula is C36H42F2N12O6S2. The number of sulfonamides is 2. The van der Waals surface area contributed by atoms with Crippen LogP contribution in [0, 0.1) is 46.1 Å². The van der Waals surface area contributed by atoms with E-state index in [4.69, 9.17) is 11.5 Å². The number of nitrogens with two attached hydrogens (primary N) is 2. The van der Waals surface area contributed by atoms with Crippen LogP contribution in [0.1, 0.15) is 71.3 Å². The van der Waals surface area contributed by atoms with Crippen LogP contribution in [-0.2, 0) is 20.0 Å². The SMILES string of the molecule is CS(=O)(=O)N[C@@H]1CCC(n2cc(C(N)=O)c(Nc3ccc(F)cc3)n2)[C@@H](C#N)C1.CS(=O)(=O)N[C@H]1CCC(n2cc(C(N)=O)c(Nc3ccc(F)cc3)n2)[C@@H](C#N)C1. The third kappa shape index (κ3) is 11.6. The van der Waals surface area contributed by atoms with Gasteiger partial charge in [-0.3, -0.25) is 19.0 Å². The maximum absolute atomic E-state index is 13.1. The Kier molecular flexibility index (Phi) is 13.5. The molecule has 2 aromatic heterocycles. The molecule has 2 aliphatic carbocycles. The van der Waals surface area contributed by atoms with E-state index in [1.54, 1.807) is 0 Å². The molecule has 308 valence electrons. The van der Waals surface area contributed by atoms with E-state index in [0.717, 1.165) is 12.5 Å². The summed E-state index contributed by atoms with van der Waals surface area (Å²) < 4.78 is 80.2. The molecule has 2 unspecified atom stereocenters. The standard InChI is InChI=1S/2C18H21FN6O3S/c2*1-29(27,28)24-14-6-7-16(11(8-14)9-20)25-10-15(17(21)26)18(23-25)22-13-4-2-12(19)3-5-13/h2*2-5,10-11,14,16,24H,6-8H2,1H3,(H2,21,26)(H,22,23)/t11-,14+,16?;11-,14-,16?/m11/s1. The van der Waals surface area contributed by atoms with Crippen LogP contribution in [0.5, 0.6) is 0 Å². The number of carbonyl (C=O) groups excluding carboxylic acids is 2. The second-order valence-corrected chi connectivity index (χ2v) is 17.7. The third-order valence-corrected chi connectivity index (χ3v) is 11.1. The van der Waals surface area contributed by atoms with Crippen molar-refractivity contribution in [2.45, 2.75) is 62.7 Å². The van der Waals surface area contributed by atoms with Gasteiger partial charge in [0.1, 0.15) is 22.8 Å². The molecule has 6 atom stereocenters. The number of aromatic nitrogens is 4. The number of hydrogen-bond acceptors (Lipinski definition) is 12. The Morgan fingerprint density at radius 1 is 0.672 bits per heavy atom. The zero-order valence-electron chi connectivity index (χ0n) is 31.3. The predicted octanol–water partition coefficient (Wildman–Crippen LogP) is 3.29. The van der Waals surface area contributed by atoms with Gasteiger partial charge in [0.25, 0.3) is 11.8 Å². The molecule has 2 aromatic carbocycles. The van der Waals surface area contributed by atoms with Gasteiger partial charge in [-0.25, -0.2) is 35.1 Å². The Morgan fingerprint density at radius 3 is 1.31 bits per heavy atom. The second kappa shape index (κ2) is 18.1. The molecule has 8 N–H and O–H groups in total. The smallest absolute Gasteiger partial charge is 0.254 e. The van der Waals surface area contributed by atoms with Gasteiger partial charge in [-0.15, -0.1) is 0 Å². The molecule has 18 nitrogen and oxygen atoms in total. The molecule has 0 bridgehead atoms. The third-order valence-electron chi connectivity index (χ3n) is 9.61. The van der Waals surface area contributed by atoms with Gasteiger partial charge >= 0.3 is 0 Å². The number of hydrogen-bond donors (Lipinski definition) is 6. The number of primary amides is 2. The number of anilines is 4. The highest BCUT2D eigenvalue weighted by Crippen LogP contribution is 2.36. The zero-order valence-corrected chi connectivity index (χ0v) is 33.0. The Hall–Kier alpha value is -5.94. The van der Waals surface area contributed by atoms with Gasteiger partial charge in [-0.1, -0.05) is 0 Å². The highest BCUT2D eigenvalue weighted by atomic mass is 32.2. The summed E-state index contributed by atoms with van der Waals surface area (Å²) in [5.74, 6) is -2.76. The molecule has 22 heteroatoms. The van der Waals surface area contributed by atoms with Gasteiger partial charge in [-0.05, 0) is 87.1 Å². The van der Waals surface area contributed by atoms with E-state index >= 15 is 0 Å². The fourth-order valence-electron chi connectivity index (χ4n) is 7.05. The molecule has 2 aliphatic rings. The first kappa shape index (κ1) is 43.2. The molecule has 0 aliphatic heterocycles. The quantitative estimate of drug-likeness (QED) is 0.120. The van der Waals surface area contributed by atoms with Crippen molar-refractivity contribution in [1.82, 2.24) is 29.0 Å². The molecule has 4 aromatic rings. The highest BCUT2D eigenvalue weighted by Gasteiger charge is 2.36. The summed E-state index contributed by atoms with van der Waals surface area (Å²) in [4.78, 5) is 23.7. The van der Waals surface area contributed by atoms with E-state index in [-0.39, 0.29) is 46.9 Å². The van der Waals surface area contributed by atoms with E-state index in [1.165, 1.54) is 70.3 Å². The normalized spacial score (nSPS) is 22.0. The topological polar surface area (TPSA) is 286 Å². The average Bonchev–Trinajstić information content (AvgIpc) is 3.77. The van der Waals surface area contributed by atoms with Crippen LogP contribution in [0.4, 0.5) is 31.8 Å². The summed E-state index contributed by atoms with van der Waals surface area (Å²) >= 11 is 0. The summed E-state index contributed by atoms with van der Waals surface area (Å²) in [6.45, 7) is 0. The Bertz CT molecular complexity index is 2260. The molecule has 2 amide bonds. The van der Waals surface area contributed by atoms with E-state index in [2.05, 4.69) is 42.4 Å². The monoisotopic (exact) mass is 840 g/mol. The van der Waals surface area contributed by atoms with E-state index < -0.39 is 55.3 Å². The lowest BCUT2D eigenvalue weighted by molar-refractivity contribution is 0.0992. The second-order valence-electron chi connectivity index (χ2n) is 14.1. The minimum atomic E-state index is -3.37. The van der Waals surface area contributed by atoms with Crippen molar-refractivity contribution in [3.8, 4) is 12.1 Å². The first-order valence-corrected chi connectivity index (χ1v) is 21.7. The van der Waals surface area contributed by atoms with Gasteiger partial charge in [0.15, 0.2) is 11.6 Å². The first-order valence-electron chi connectivity index (χ1n) is 17.9.